The summed E-state index contributed by atoms with van der Waals surface area (Å²) in [6.07, 6.45) is 0. The van der Waals surface area contributed by atoms with Crippen LogP contribution in [0, 0.1) is 19.7 Å². The number of benzene rings is 2. The summed E-state index contributed by atoms with van der Waals surface area (Å²) in [6.45, 7) is 4.03. The predicted octanol–water partition coefficient (Wildman–Crippen LogP) is 3.30. The molecule has 2 aromatic rings. The monoisotopic (exact) mass is 286 g/mol. The van der Waals surface area contributed by atoms with Crippen molar-refractivity contribution in [3.63, 3.8) is 0 Å². The van der Waals surface area contributed by atoms with Crippen molar-refractivity contribution in [1.29, 1.82) is 0 Å². The molecule has 0 saturated heterocycles. The number of carbonyl (C=O) groups is 1. The van der Waals surface area contributed by atoms with Crippen molar-refractivity contribution in [2.24, 2.45) is 0 Å². The van der Waals surface area contributed by atoms with Crippen LogP contribution in [-0.4, -0.2) is 17.9 Å². The van der Waals surface area contributed by atoms with Gasteiger partial charge < -0.3 is 10.6 Å². The third kappa shape index (κ3) is 3.40. The molecule has 0 atom stereocenters. The normalized spacial score (nSPS) is 10.5. The number of aryl methyl sites for hydroxylation is 2. The van der Waals surface area contributed by atoms with Gasteiger partial charge in [-0.2, -0.15) is 0 Å². The molecule has 0 bridgehead atoms. The highest BCUT2D eigenvalue weighted by Gasteiger charge is 2.18. The number of nitrogen functional groups attached to an aromatic ring is 1. The van der Waals surface area contributed by atoms with E-state index in [0.717, 1.165) is 11.1 Å². The second-order valence-corrected chi connectivity index (χ2v) is 5.35. The van der Waals surface area contributed by atoms with Crippen LogP contribution in [0.2, 0.25) is 0 Å². The quantitative estimate of drug-likeness (QED) is 0.880. The molecule has 2 rings (SSSR count). The smallest absolute Gasteiger partial charge is 0.256 e. The Morgan fingerprint density at radius 3 is 2.43 bits per heavy atom. The number of amides is 1. The van der Waals surface area contributed by atoms with E-state index in [2.05, 4.69) is 0 Å². The van der Waals surface area contributed by atoms with E-state index in [4.69, 9.17) is 5.73 Å². The molecular weight excluding hydrogens is 267 g/mol. The van der Waals surface area contributed by atoms with Gasteiger partial charge in [0.25, 0.3) is 5.91 Å². The fraction of sp³-hybridized carbons (Fsp3) is 0.235. The first-order chi connectivity index (χ1) is 9.88. The number of carbonyl (C=O) groups excluding carboxylic acids is 1. The van der Waals surface area contributed by atoms with Gasteiger partial charge in [-0.25, -0.2) is 4.39 Å². The number of nitrogens with two attached hydrogens (primary N) is 1. The van der Waals surface area contributed by atoms with Gasteiger partial charge in [0.1, 0.15) is 5.82 Å². The maximum atomic E-state index is 14.1. The average Bonchev–Trinajstić information content (AvgIpc) is 2.44. The Bertz CT molecular complexity index is 665. The van der Waals surface area contributed by atoms with Crippen molar-refractivity contribution in [3.8, 4) is 0 Å². The lowest BCUT2D eigenvalue weighted by Gasteiger charge is -2.18. The van der Waals surface area contributed by atoms with E-state index < -0.39 is 5.82 Å². The van der Waals surface area contributed by atoms with Gasteiger partial charge in [-0.15, -0.1) is 0 Å². The van der Waals surface area contributed by atoms with Crippen LogP contribution >= 0.6 is 0 Å². The van der Waals surface area contributed by atoms with Crippen LogP contribution in [0.25, 0.3) is 0 Å². The molecule has 1 amide bonds. The Morgan fingerprint density at radius 1 is 1.19 bits per heavy atom. The van der Waals surface area contributed by atoms with Gasteiger partial charge in [0.15, 0.2) is 0 Å². The number of halogens is 1. The summed E-state index contributed by atoms with van der Waals surface area (Å²) in [5.74, 6) is -0.881. The molecule has 0 aliphatic heterocycles. The van der Waals surface area contributed by atoms with E-state index in [-0.39, 0.29) is 11.5 Å². The van der Waals surface area contributed by atoms with Gasteiger partial charge in [0, 0.05) is 19.3 Å². The van der Waals surface area contributed by atoms with Crippen molar-refractivity contribution in [2.45, 2.75) is 20.4 Å². The molecule has 0 aliphatic rings. The first-order valence-corrected chi connectivity index (χ1v) is 6.75. The summed E-state index contributed by atoms with van der Waals surface area (Å²) in [4.78, 5) is 13.9. The Morgan fingerprint density at radius 2 is 1.81 bits per heavy atom. The molecule has 4 heteroatoms. The highest BCUT2D eigenvalue weighted by molar-refractivity contribution is 5.95. The molecule has 0 radical (unpaired) electrons. The average molecular weight is 286 g/mol. The third-order valence-corrected chi connectivity index (χ3v) is 3.39. The number of hydrogen-bond donors (Lipinski definition) is 1. The minimum Gasteiger partial charge on any atom is -0.399 e. The molecule has 0 heterocycles. The van der Waals surface area contributed by atoms with Gasteiger partial charge in [0.2, 0.25) is 0 Å². The number of hydrogen-bond acceptors (Lipinski definition) is 2. The number of rotatable bonds is 3. The van der Waals surface area contributed by atoms with E-state index in [0.29, 0.717) is 17.8 Å². The van der Waals surface area contributed by atoms with Crippen molar-refractivity contribution in [2.75, 3.05) is 12.8 Å². The van der Waals surface area contributed by atoms with E-state index in [9.17, 15) is 9.18 Å². The molecule has 0 aromatic heterocycles. The molecule has 2 aromatic carbocycles. The minimum absolute atomic E-state index is 0.0158. The van der Waals surface area contributed by atoms with Gasteiger partial charge in [-0.3, -0.25) is 4.79 Å². The number of anilines is 1. The van der Waals surface area contributed by atoms with Crippen LogP contribution < -0.4 is 5.73 Å². The fourth-order valence-corrected chi connectivity index (χ4v) is 2.20. The van der Waals surface area contributed by atoms with E-state index in [1.807, 2.05) is 31.2 Å². The summed E-state index contributed by atoms with van der Waals surface area (Å²) >= 11 is 0. The molecule has 0 saturated carbocycles. The molecule has 0 aliphatic carbocycles. The van der Waals surface area contributed by atoms with Gasteiger partial charge in [0.05, 0.1) is 5.56 Å². The zero-order chi connectivity index (χ0) is 15.6. The van der Waals surface area contributed by atoms with E-state index >= 15 is 0 Å². The summed E-state index contributed by atoms with van der Waals surface area (Å²) in [7, 11) is 1.65. The van der Waals surface area contributed by atoms with Crippen LogP contribution in [0.3, 0.4) is 0 Å². The highest BCUT2D eigenvalue weighted by Crippen LogP contribution is 2.19. The second-order valence-electron chi connectivity index (χ2n) is 5.35. The zero-order valence-electron chi connectivity index (χ0n) is 12.5. The standard InChI is InChI=1S/C17H19FN2O/c1-11-4-6-13(7-5-11)10-20(3)17(21)15-9-14(19)8-12(2)16(15)18/h4-9H,10,19H2,1-3H3. The van der Waals surface area contributed by atoms with Crippen LogP contribution in [0.5, 0.6) is 0 Å². The van der Waals surface area contributed by atoms with Crippen LogP contribution in [0.15, 0.2) is 36.4 Å². The topological polar surface area (TPSA) is 46.3 Å². The lowest BCUT2D eigenvalue weighted by molar-refractivity contribution is 0.0780. The molecular formula is C17H19FN2O. The maximum Gasteiger partial charge on any atom is 0.256 e. The second kappa shape index (κ2) is 5.95. The molecule has 2 N–H and O–H groups in total. The summed E-state index contributed by atoms with van der Waals surface area (Å²) in [6, 6.07) is 10.8. The predicted molar refractivity (Wildman–Crippen MR) is 82.5 cm³/mol. The lowest BCUT2D eigenvalue weighted by Crippen LogP contribution is -2.27. The first-order valence-electron chi connectivity index (χ1n) is 6.75. The third-order valence-electron chi connectivity index (χ3n) is 3.39. The minimum atomic E-state index is -0.509. The Balaban J connectivity index is 2.21. The summed E-state index contributed by atoms with van der Waals surface area (Å²) in [5, 5.41) is 0. The molecule has 3 nitrogen and oxygen atoms in total. The SMILES string of the molecule is Cc1ccc(CN(C)C(=O)c2cc(N)cc(C)c2F)cc1. The summed E-state index contributed by atoms with van der Waals surface area (Å²) < 4.78 is 14.1. The Kier molecular flexibility index (Phi) is 4.26. The molecule has 0 spiro atoms. The van der Waals surface area contributed by atoms with Crippen molar-refractivity contribution in [1.82, 2.24) is 4.90 Å². The first kappa shape index (κ1) is 15.0. The van der Waals surface area contributed by atoms with Gasteiger partial charge >= 0.3 is 0 Å². The lowest BCUT2D eigenvalue weighted by atomic mass is 10.1. The Hall–Kier alpha value is -2.36. The van der Waals surface area contributed by atoms with Crippen LogP contribution in [0.4, 0.5) is 10.1 Å². The van der Waals surface area contributed by atoms with Crippen LogP contribution in [0.1, 0.15) is 27.0 Å². The van der Waals surface area contributed by atoms with Gasteiger partial charge in [-0.1, -0.05) is 29.8 Å². The van der Waals surface area contributed by atoms with Crippen molar-refractivity contribution < 1.29 is 9.18 Å². The van der Waals surface area contributed by atoms with E-state index in [1.54, 1.807) is 14.0 Å². The maximum absolute atomic E-state index is 14.1. The highest BCUT2D eigenvalue weighted by atomic mass is 19.1. The molecule has 0 fully saturated rings. The summed E-state index contributed by atoms with van der Waals surface area (Å²) in [5.41, 5.74) is 8.64. The van der Waals surface area contributed by atoms with Crippen molar-refractivity contribution in [3.05, 3.63) is 64.5 Å². The molecule has 110 valence electrons. The van der Waals surface area contributed by atoms with Gasteiger partial charge in [-0.05, 0) is 37.1 Å². The molecule has 21 heavy (non-hydrogen) atoms. The van der Waals surface area contributed by atoms with Crippen molar-refractivity contribution >= 4 is 11.6 Å². The zero-order valence-corrected chi connectivity index (χ0v) is 12.5. The fourth-order valence-electron chi connectivity index (χ4n) is 2.20. The number of nitrogens with zero attached hydrogens (tertiary/aromatic N) is 1. The molecule has 0 unspecified atom stereocenters. The van der Waals surface area contributed by atoms with Crippen LogP contribution in [-0.2, 0) is 6.54 Å². The van der Waals surface area contributed by atoms with E-state index in [1.165, 1.54) is 17.0 Å². The Labute approximate surface area is 124 Å². The largest absolute Gasteiger partial charge is 0.399 e.